The van der Waals surface area contributed by atoms with Gasteiger partial charge in [0.15, 0.2) is 0 Å². The van der Waals surface area contributed by atoms with Gasteiger partial charge in [0.05, 0.1) is 11.5 Å². The maximum Gasteiger partial charge on any atom is 0.0684 e. The number of rotatable bonds is 7. The first-order valence-corrected chi connectivity index (χ1v) is 7.45. The highest BCUT2D eigenvalue weighted by molar-refractivity contribution is 4.93. The van der Waals surface area contributed by atoms with E-state index >= 15 is 0 Å². The molecule has 1 fully saturated rings. The molecule has 0 spiro atoms. The molecule has 1 atom stereocenters. The van der Waals surface area contributed by atoms with Crippen LogP contribution in [0.1, 0.15) is 52.9 Å². The molecule has 0 aromatic rings. The molecule has 1 N–H and O–H groups in total. The number of hydrogen-bond acceptors (Lipinski definition) is 3. The highest BCUT2D eigenvalue weighted by atomic mass is 15.2. The van der Waals surface area contributed by atoms with Crippen LogP contribution in [0.3, 0.4) is 0 Å². The van der Waals surface area contributed by atoms with Crippen molar-refractivity contribution in [2.75, 3.05) is 26.2 Å². The van der Waals surface area contributed by atoms with Crippen LogP contribution < -0.4 is 5.32 Å². The average Bonchev–Trinajstić information content (AvgIpc) is 2.38. The minimum atomic E-state index is -0.182. The summed E-state index contributed by atoms with van der Waals surface area (Å²) in [6.45, 7) is 10.8. The Morgan fingerprint density at radius 1 is 1.39 bits per heavy atom. The second-order valence-electron chi connectivity index (χ2n) is 6.14. The maximum absolute atomic E-state index is 9.08. The molecule has 0 saturated carbocycles. The fraction of sp³-hybridized carbons (Fsp3) is 0.933. The zero-order valence-electron chi connectivity index (χ0n) is 12.3. The molecule has 0 radical (unpaired) electrons. The summed E-state index contributed by atoms with van der Waals surface area (Å²) in [7, 11) is 0. The third kappa shape index (κ3) is 5.37. The second-order valence-corrected chi connectivity index (χ2v) is 6.14. The van der Waals surface area contributed by atoms with E-state index in [9.17, 15) is 0 Å². The molecule has 0 aromatic carbocycles. The molecule has 3 nitrogen and oxygen atoms in total. The number of likely N-dealkylation sites (tertiary alicyclic amines) is 1. The van der Waals surface area contributed by atoms with Gasteiger partial charge in [0.25, 0.3) is 0 Å². The van der Waals surface area contributed by atoms with E-state index in [4.69, 9.17) is 5.26 Å². The van der Waals surface area contributed by atoms with Crippen LogP contribution in [0.5, 0.6) is 0 Å². The van der Waals surface area contributed by atoms with Gasteiger partial charge in [-0.05, 0) is 59.2 Å². The number of hydrogen-bond donors (Lipinski definition) is 1. The molecule has 0 aliphatic carbocycles. The maximum atomic E-state index is 9.08. The highest BCUT2D eigenvalue weighted by Crippen LogP contribution is 2.22. The largest absolute Gasteiger partial charge is 0.315 e. The summed E-state index contributed by atoms with van der Waals surface area (Å²) in [4.78, 5) is 2.59. The van der Waals surface area contributed by atoms with Gasteiger partial charge in [-0.1, -0.05) is 13.3 Å². The van der Waals surface area contributed by atoms with Gasteiger partial charge >= 0.3 is 0 Å². The Bertz CT molecular complexity index is 267. The first-order chi connectivity index (χ1) is 8.59. The van der Waals surface area contributed by atoms with Gasteiger partial charge in [-0.25, -0.2) is 0 Å². The fourth-order valence-electron chi connectivity index (χ4n) is 2.51. The van der Waals surface area contributed by atoms with Gasteiger partial charge in [0.2, 0.25) is 0 Å². The quantitative estimate of drug-likeness (QED) is 0.707. The third-order valence-corrected chi connectivity index (χ3v) is 3.88. The van der Waals surface area contributed by atoms with Gasteiger partial charge in [0.1, 0.15) is 0 Å². The Kier molecular flexibility index (Phi) is 6.67. The molecule has 1 aliphatic heterocycles. The van der Waals surface area contributed by atoms with Crippen molar-refractivity contribution in [3.05, 3.63) is 0 Å². The summed E-state index contributed by atoms with van der Waals surface area (Å²) in [6.07, 6.45) is 6.17. The van der Waals surface area contributed by atoms with Crippen molar-refractivity contribution in [1.82, 2.24) is 10.2 Å². The molecule has 0 bridgehead atoms. The van der Waals surface area contributed by atoms with E-state index in [0.29, 0.717) is 6.04 Å². The molecular weight excluding hydrogens is 222 g/mol. The van der Waals surface area contributed by atoms with Crippen molar-refractivity contribution in [3.8, 4) is 6.07 Å². The molecule has 1 heterocycles. The van der Waals surface area contributed by atoms with Crippen LogP contribution in [0, 0.1) is 16.7 Å². The summed E-state index contributed by atoms with van der Waals surface area (Å²) in [5.74, 6) is 0. The first kappa shape index (κ1) is 15.5. The average molecular weight is 251 g/mol. The van der Waals surface area contributed by atoms with E-state index in [1.54, 1.807) is 0 Å². The SMILES string of the molecule is CCCNCC1CCCCN1CCC(C)(C)C#N. The summed E-state index contributed by atoms with van der Waals surface area (Å²) in [5, 5.41) is 12.6. The van der Waals surface area contributed by atoms with Crippen molar-refractivity contribution in [3.63, 3.8) is 0 Å². The Hall–Kier alpha value is -0.590. The number of nitrogens with zero attached hydrogens (tertiary/aromatic N) is 2. The van der Waals surface area contributed by atoms with Gasteiger partial charge in [-0.15, -0.1) is 0 Å². The van der Waals surface area contributed by atoms with E-state index in [1.165, 1.54) is 32.2 Å². The molecule has 18 heavy (non-hydrogen) atoms. The monoisotopic (exact) mass is 251 g/mol. The van der Waals surface area contributed by atoms with Gasteiger partial charge in [-0.3, -0.25) is 4.90 Å². The van der Waals surface area contributed by atoms with Crippen molar-refractivity contribution in [2.24, 2.45) is 5.41 Å². The summed E-state index contributed by atoms with van der Waals surface area (Å²) < 4.78 is 0. The van der Waals surface area contributed by atoms with E-state index in [1.807, 2.05) is 13.8 Å². The van der Waals surface area contributed by atoms with Crippen LogP contribution in [-0.4, -0.2) is 37.1 Å². The lowest BCUT2D eigenvalue weighted by Crippen LogP contribution is -2.46. The lowest BCUT2D eigenvalue weighted by Gasteiger charge is -2.37. The lowest BCUT2D eigenvalue weighted by atomic mass is 9.90. The first-order valence-electron chi connectivity index (χ1n) is 7.45. The number of nitrogens with one attached hydrogen (secondary N) is 1. The summed E-state index contributed by atoms with van der Waals surface area (Å²) in [5.41, 5.74) is -0.182. The minimum absolute atomic E-state index is 0.182. The van der Waals surface area contributed by atoms with Crippen molar-refractivity contribution in [1.29, 1.82) is 5.26 Å². The van der Waals surface area contributed by atoms with E-state index in [-0.39, 0.29) is 5.41 Å². The van der Waals surface area contributed by atoms with Gasteiger partial charge < -0.3 is 5.32 Å². The number of nitriles is 1. The molecule has 0 aromatic heterocycles. The van der Waals surface area contributed by atoms with E-state index in [0.717, 1.165) is 26.1 Å². The van der Waals surface area contributed by atoms with Gasteiger partial charge in [0, 0.05) is 12.6 Å². The Labute approximate surface area is 113 Å². The van der Waals surface area contributed by atoms with Crippen LogP contribution >= 0.6 is 0 Å². The smallest absolute Gasteiger partial charge is 0.0684 e. The van der Waals surface area contributed by atoms with E-state index < -0.39 is 0 Å². The summed E-state index contributed by atoms with van der Waals surface area (Å²) >= 11 is 0. The van der Waals surface area contributed by atoms with Crippen molar-refractivity contribution < 1.29 is 0 Å². The Morgan fingerprint density at radius 3 is 2.83 bits per heavy atom. The minimum Gasteiger partial charge on any atom is -0.315 e. The molecule has 0 amide bonds. The standard InChI is InChI=1S/C15H29N3/c1-4-9-17-12-14-7-5-6-10-18(14)11-8-15(2,3)13-16/h14,17H,4-12H2,1-3H3. The fourth-order valence-corrected chi connectivity index (χ4v) is 2.51. The van der Waals surface area contributed by atoms with Crippen LogP contribution in [0.2, 0.25) is 0 Å². The topological polar surface area (TPSA) is 39.1 Å². The molecule has 1 saturated heterocycles. The Morgan fingerprint density at radius 2 is 2.17 bits per heavy atom. The lowest BCUT2D eigenvalue weighted by molar-refractivity contribution is 0.133. The van der Waals surface area contributed by atoms with Gasteiger partial charge in [-0.2, -0.15) is 5.26 Å². The molecule has 104 valence electrons. The second kappa shape index (κ2) is 7.76. The van der Waals surface area contributed by atoms with E-state index in [2.05, 4.69) is 23.2 Å². The zero-order valence-corrected chi connectivity index (χ0v) is 12.3. The molecule has 1 unspecified atom stereocenters. The summed E-state index contributed by atoms with van der Waals surface area (Å²) in [6, 6.07) is 3.09. The molecule has 3 heteroatoms. The number of piperidine rings is 1. The predicted octanol–water partition coefficient (Wildman–Crippen LogP) is 2.78. The van der Waals surface area contributed by atoms with Crippen LogP contribution in [0.15, 0.2) is 0 Å². The van der Waals surface area contributed by atoms with Crippen LogP contribution in [0.4, 0.5) is 0 Å². The molecule has 1 aliphatic rings. The molecule has 1 rings (SSSR count). The highest BCUT2D eigenvalue weighted by Gasteiger charge is 2.24. The van der Waals surface area contributed by atoms with Crippen molar-refractivity contribution in [2.45, 2.75) is 58.9 Å². The predicted molar refractivity (Wildman–Crippen MR) is 76.4 cm³/mol. The normalized spacial score (nSPS) is 21.8. The zero-order chi connectivity index (χ0) is 13.4. The van der Waals surface area contributed by atoms with Crippen molar-refractivity contribution >= 4 is 0 Å². The Balaban J connectivity index is 2.37. The molecular formula is C15H29N3. The van der Waals surface area contributed by atoms with Crippen LogP contribution in [0.25, 0.3) is 0 Å². The third-order valence-electron chi connectivity index (χ3n) is 3.88. The van der Waals surface area contributed by atoms with Crippen LogP contribution in [-0.2, 0) is 0 Å².